The lowest BCUT2D eigenvalue weighted by molar-refractivity contribution is 1.84. The van der Waals surface area contributed by atoms with Gasteiger partial charge >= 0.3 is 0 Å². The molecule has 0 aliphatic heterocycles. The lowest BCUT2D eigenvalue weighted by Gasteiger charge is -2.00. The fourth-order valence-corrected chi connectivity index (χ4v) is 4.71. The zero-order chi connectivity index (χ0) is 10.8. The Kier molecular flexibility index (Phi) is 11.4. The predicted octanol–water partition coefficient (Wildman–Crippen LogP) is 4.78. The van der Waals surface area contributed by atoms with Crippen LogP contribution in [0.2, 0.25) is 0 Å². The average Bonchev–Trinajstić information content (AvgIpc) is 2.20. The molecular weight excluding hydrogens is 288 g/mol. The van der Waals surface area contributed by atoms with E-state index in [1.54, 1.807) is 45.1 Å². The molecule has 0 aromatic carbocycles. The predicted molar refractivity (Wildman–Crippen MR) is 85.7 cm³/mol. The average molecular weight is 299 g/mol. The minimum absolute atomic E-state index is 0.860. The lowest BCUT2D eigenvalue weighted by atomic mass is 10.8. The molecule has 78 valence electrons. The Bertz CT molecular complexity index is 198. The second-order valence-corrected chi connectivity index (χ2v) is 8.44. The topological polar surface area (TPSA) is 0 Å². The monoisotopic (exact) mass is 298 g/mol. The fraction of sp³-hybridized carbons (Fsp3) is 0.250. The van der Waals surface area contributed by atoms with E-state index >= 15 is 0 Å². The number of hydrogen-bond acceptors (Lipinski definition) is 6. The van der Waals surface area contributed by atoms with E-state index in [0.29, 0.717) is 0 Å². The number of thiocarbonyl (C=S) groups is 2. The molecule has 0 bridgehead atoms. The van der Waals surface area contributed by atoms with Gasteiger partial charge < -0.3 is 0 Å². The van der Waals surface area contributed by atoms with E-state index in [0.717, 1.165) is 18.6 Å². The van der Waals surface area contributed by atoms with Gasteiger partial charge in [0.05, 0.1) is 0 Å². The van der Waals surface area contributed by atoms with Gasteiger partial charge in [0, 0.05) is 11.5 Å². The molecule has 0 atom stereocenters. The standard InChI is InChI=1S/C8H10S6/c1-3-5-11-7(9)13-14-8(10)12-6-4-2/h3-4H,1-2,5-6H2. The highest BCUT2D eigenvalue weighted by molar-refractivity contribution is 8.96. The summed E-state index contributed by atoms with van der Waals surface area (Å²) in [6.07, 6.45) is 3.68. The van der Waals surface area contributed by atoms with Gasteiger partial charge in [0.15, 0.2) is 0 Å². The fourth-order valence-electron chi connectivity index (χ4n) is 0.370. The number of hydrogen-bond donors (Lipinski definition) is 0. The Labute approximate surface area is 113 Å². The number of thioether (sulfide) groups is 2. The van der Waals surface area contributed by atoms with Crippen LogP contribution in [-0.2, 0) is 0 Å². The van der Waals surface area contributed by atoms with Crippen molar-refractivity contribution in [2.75, 3.05) is 11.5 Å². The highest BCUT2D eigenvalue weighted by Crippen LogP contribution is 2.34. The molecule has 0 nitrogen and oxygen atoms in total. The minimum atomic E-state index is 0.860. The highest BCUT2D eigenvalue weighted by atomic mass is 33.1. The first-order valence-corrected chi connectivity index (χ1v) is 8.54. The van der Waals surface area contributed by atoms with Crippen molar-refractivity contribution in [2.45, 2.75) is 0 Å². The van der Waals surface area contributed by atoms with Gasteiger partial charge in [-0.25, -0.2) is 0 Å². The smallest absolute Gasteiger partial charge is 0.103 e. The van der Waals surface area contributed by atoms with Crippen LogP contribution in [0.4, 0.5) is 0 Å². The third kappa shape index (κ3) is 9.61. The molecule has 0 unspecified atom stereocenters. The third-order valence-corrected chi connectivity index (χ3v) is 7.38. The molecule has 0 fully saturated rings. The van der Waals surface area contributed by atoms with Crippen LogP contribution in [0.15, 0.2) is 25.3 Å². The third-order valence-electron chi connectivity index (χ3n) is 0.816. The first-order valence-electron chi connectivity index (χ1n) is 3.60. The van der Waals surface area contributed by atoms with Crippen molar-refractivity contribution in [2.24, 2.45) is 0 Å². The zero-order valence-electron chi connectivity index (χ0n) is 7.43. The van der Waals surface area contributed by atoms with Crippen LogP contribution in [0.1, 0.15) is 0 Å². The number of rotatable bonds is 4. The summed E-state index contributed by atoms with van der Waals surface area (Å²) < 4.78 is 1.80. The molecule has 0 amide bonds. The van der Waals surface area contributed by atoms with Crippen molar-refractivity contribution in [1.82, 2.24) is 0 Å². The zero-order valence-corrected chi connectivity index (χ0v) is 12.3. The molecule has 0 aliphatic carbocycles. The first kappa shape index (κ1) is 15.1. The normalized spacial score (nSPS) is 9.43. The quantitative estimate of drug-likeness (QED) is 0.413. The maximum absolute atomic E-state index is 5.12. The summed E-state index contributed by atoms with van der Waals surface area (Å²) in [4.78, 5) is 0. The van der Waals surface area contributed by atoms with E-state index in [4.69, 9.17) is 24.4 Å². The van der Waals surface area contributed by atoms with Crippen molar-refractivity contribution in [3.05, 3.63) is 25.3 Å². The summed E-state index contributed by atoms with van der Waals surface area (Å²) >= 11 is 13.5. The second kappa shape index (κ2) is 10.6. The summed E-state index contributed by atoms with van der Waals surface area (Å²) in [6.45, 7) is 7.26. The molecule has 0 aromatic rings. The van der Waals surface area contributed by atoms with Gasteiger partial charge in [-0.15, -0.1) is 36.7 Å². The second-order valence-electron chi connectivity index (χ2n) is 1.87. The summed E-state index contributed by atoms with van der Waals surface area (Å²) in [5.41, 5.74) is 0. The van der Waals surface area contributed by atoms with Crippen LogP contribution in [-0.4, -0.2) is 18.6 Å². The Morgan fingerprint density at radius 2 is 1.29 bits per heavy atom. The maximum atomic E-state index is 5.12. The first-order chi connectivity index (χ1) is 6.70. The van der Waals surface area contributed by atoms with Gasteiger partial charge in [0.25, 0.3) is 0 Å². The van der Waals surface area contributed by atoms with E-state index in [2.05, 4.69) is 13.2 Å². The molecular formula is C8H10S6. The van der Waals surface area contributed by atoms with Crippen molar-refractivity contribution >= 4 is 76.6 Å². The molecule has 6 heteroatoms. The van der Waals surface area contributed by atoms with E-state index in [-0.39, 0.29) is 0 Å². The van der Waals surface area contributed by atoms with E-state index in [1.165, 1.54) is 0 Å². The summed E-state index contributed by atoms with van der Waals surface area (Å²) in [7, 11) is 3.08. The molecule has 0 aliphatic rings. The SMILES string of the molecule is C=CCSC(=S)SSC(=S)SCC=C. The lowest BCUT2D eigenvalue weighted by Crippen LogP contribution is -1.82. The van der Waals surface area contributed by atoms with Gasteiger partial charge in [-0.05, 0) is 21.6 Å². The van der Waals surface area contributed by atoms with Crippen LogP contribution < -0.4 is 0 Å². The summed E-state index contributed by atoms with van der Waals surface area (Å²) in [5.74, 6) is 1.72. The van der Waals surface area contributed by atoms with Gasteiger partial charge in [-0.1, -0.05) is 36.6 Å². The van der Waals surface area contributed by atoms with Crippen molar-refractivity contribution < 1.29 is 0 Å². The molecule has 0 N–H and O–H groups in total. The van der Waals surface area contributed by atoms with E-state index < -0.39 is 0 Å². The Morgan fingerprint density at radius 1 is 0.929 bits per heavy atom. The Hall–Kier alpha value is 1.06. The van der Waals surface area contributed by atoms with Crippen molar-refractivity contribution in [1.29, 1.82) is 0 Å². The van der Waals surface area contributed by atoms with Crippen LogP contribution in [0.25, 0.3) is 0 Å². The Morgan fingerprint density at radius 3 is 1.57 bits per heavy atom. The molecule has 0 radical (unpaired) electrons. The molecule has 0 saturated heterocycles. The largest absolute Gasteiger partial charge is 0.115 e. The molecule has 0 heterocycles. The summed E-state index contributed by atoms with van der Waals surface area (Å²) in [5, 5.41) is 0. The van der Waals surface area contributed by atoms with Gasteiger partial charge in [-0.2, -0.15) is 0 Å². The Balaban J connectivity index is 3.50. The van der Waals surface area contributed by atoms with Crippen molar-refractivity contribution in [3.63, 3.8) is 0 Å². The van der Waals surface area contributed by atoms with E-state index in [1.807, 2.05) is 12.2 Å². The molecule has 0 spiro atoms. The highest BCUT2D eigenvalue weighted by Gasteiger charge is 2.02. The van der Waals surface area contributed by atoms with Crippen LogP contribution in [0.3, 0.4) is 0 Å². The van der Waals surface area contributed by atoms with Gasteiger partial charge in [0.1, 0.15) is 7.06 Å². The molecule has 0 aromatic heterocycles. The van der Waals surface area contributed by atoms with Crippen LogP contribution in [0, 0.1) is 0 Å². The van der Waals surface area contributed by atoms with Crippen molar-refractivity contribution in [3.8, 4) is 0 Å². The van der Waals surface area contributed by atoms with E-state index in [9.17, 15) is 0 Å². The molecule has 0 rings (SSSR count). The summed E-state index contributed by atoms with van der Waals surface area (Å²) in [6, 6.07) is 0. The van der Waals surface area contributed by atoms with Crippen LogP contribution >= 0.6 is 69.5 Å². The molecule has 14 heavy (non-hydrogen) atoms. The van der Waals surface area contributed by atoms with Gasteiger partial charge in [-0.3, -0.25) is 0 Å². The maximum Gasteiger partial charge on any atom is 0.115 e. The van der Waals surface area contributed by atoms with Gasteiger partial charge in [0.2, 0.25) is 0 Å². The minimum Gasteiger partial charge on any atom is -0.103 e. The molecule has 0 saturated carbocycles. The van der Waals surface area contributed by atoms with Crippen LogP contribution in [0.5, 0.6) is 0 Å².